The molecule has 0 aliphatic carbocycles. The van der Waals surface area contributed by atoms with Crippen LogP contribution in [0.2, 0.25) is 4.34 Å². The number of nitrogens with one attached hydrogen (secondary N) is 1. The van der Waals surface area contributed by atoms with Crippen LogP contribution in [0.4, 0.5) is 0 Å². The second-order valence-electron chi connectivity index (χ2n) is 2.85. The predicted octanol–water partition coefficient (Wildman–Crippen LogP) is 1.92. The van der Waals surface area contributed by atoms with Crippen LogP contribution in [0.3, 0.4) is 0 Å². The van der Waals surface area contributed by atoms with Crippen LogP contribution in [-0.2, 0) is 6.42 Å². The van der Waals surface area contributed by atoms with E-state index in [0.29, 0.717) is 6.04 Å². The number of ether oxygens (including phenoxy) is 1. The first-order chi connectivity index (χ1) is 5.81. The molecule has 4 heteroatoms. The number of hydrogen-bond donors (Lipinski definition) is 1. The van der Waals surface area contributed by atoms with Gasteiger partial charge in [-0.15, -0.1) is 11.3 Å². The van der Waals surface area contributed by atoms with Gasteiger partial charge in [-0.3, -0.25) is 0 Å². The molecule has 1 unspecified atom stereocenters. The normalized spacial score (nSPS) is 21.7. The molecule has 0 radical (unpaired) electrons. The Hall–Kier alpha value is -0.250. The molecule has 0 spiro atoms. The van der Waals surface area contributed by atoms with Gasteiger partial charge in [0.25, 0.3) is 0 Å². The van der Waals surface area contributed by atoms with Crippen LogP contribution in [0.25, 0.3) is 0 Å². The molecule has 1 aliphatic heterocycles. The first-order valence-electron chi connectivity index (χ1n) is 3.87. The van der Waals surface area contributed by atoms with E-state index >= 15 is 0 Å². The topological polar surface area (TPSA) is 21.3 Å². The SMILES string of the molecule is CNC1COc2csc(Cl)c2C1. The number of thiophene rings is 1. The molecule has 0 aromatic carbocycles. The first-order valence-corrected chi connectivity index (χ1v) is 5.13. The third-order valence-electron chi connectivity index (χ3n) is 2.10. The third kappa shape index (κ3) is 1.32. The first kappa shape index (κ1) is 8.35. The van der Waals surface area contributed by atoms with Crippen LogP contribution in [0.1, 0.15) is 5.56 Å². The monoisotopic (exact) mass is 203 g/mol. The van der Waals surface area contributed by atoms with Gasteiger partial charge in [0, 0.05) is 17.0 Å². The van der Waals surface area contributed by atoms with Crippen LogP contribution in [0.15, 0.2) is 5.38 Å². The molecule has 1 aromatic heterocycles. The second kappa shape index (κ2) is 3.24. The van der Waals surface area contributed by atoms with E-state index in [-0.39, 0.29) is 0 Å². The van der Waals surface area contributed by atoms with Crippen LogP contribution in [0, 0.1) is 0 Å². The van der Waals surface area contributed by atoms with Crippen molar-refractivity contribution in [2.24, 2.45) is 0 Å². The lowest BCUT2D eigenvalue weighted by molar-refractivity contribution is 0.247. The zero-order chi connectivity index (χ0) is 8.55. The Morgan fingerprint density at radius 1 is 1.75 bits per heavy atom. The molecule has 66 valence electrons. The van der Waals surface area contributed by atoms with Gasteiger partial charge in [0.1, 0.15) is 12.4 Å². The highest BCUT2D eigenvalue weighted by atomic mass is 35.5. The fourth-order valence-corrected chi connectivity index (χ4v) is 2.38. The summed E-state index contributed by atoms with van der Waals surface area (Å²) in [5.74, 6) is 0.969. The molecule has 1 aliphatic rings. The zero-order valence-electron chi connectivity index (χ0n) is 6.76. The zero-order valence-corrected chi connectivity index (χ0v) is 8.34. The predicted molar refractivity (Wildman–Crippen MR) is 51.4 cm³/mol. The maximum atomic E-state index is 5.99. The van der Waals surface area contributed by atoms with E-state index < -0.39 is 0 Å². The number of likely N-dealkylation sites (N-methyl/N-ethyl adjacent to an activating group) is 1. The highest BCUT2D eigenvalue weighted by Crippen LogP contribution is 2.36. The van der Waals surface area contributed by atoms with Crippen molar-refractivity contribution in [3.8, 4) is 5.75 Å². The van der Waals surface area contributed by atoms with Crippen LogP contribution in [-0.4, -0.2) is 19.7 Å². The Bertz CT molecular complexity index is 287. The van der Waals surface area contributed by atoms with Crippen molar-refractivity contribution in [3.05, 3.63) is 15.3 Å². The van der Waals surface area contributed by atoms with Gasteiger partial charge in [-0.05, 0) is 13.5 Å². The minimum atomic E-state index is 0.407. The smallest absolute Gasteiger partial charge is 0.134 e. The summed E-state index contributed by atoms with van der Waals surface area (Å²) in [6.07, 6.45) is 0.980. The molecule has 0 fully saturated rings. The van der Waals surface area contributed by atoms with Gasteiger partial charge in [-0.2, -0.15) is 0 Å². The average molecular weight is 204 g/mol. The maximum absolute atomic E-state index is 5.99. The Balaban J connectivity index is 2.26. The van der Waals surface area contributed by atoms with Crippen molar-refractivity contribution < 1.29 is 4.74 Å². The molecule has 2 rings (SSSR count). The van der Waals surface area contributed by atoms with E-state index in [1.165, 1.54) is 0 Å². The fraction of sp³-hybridized carbons (Fsp3) is 0.500. The molecule has 12 heavy (non-hydrogen) atoms. The van der Waals surface area contributed by atoms with Crippen molar-refractivity contribution in [2.75, 3.05) is 13.7 Å². The maximum Gasteiger partial charge on any atom is 0.134 e. The largest absolute Gasteiger partial charge is 0.491 e. The van der Waals surface area contributed by atoms with E-state index in [0.717, 1.165) is 28.7 Å². The molecule has 0 saturated carbocycles. The van der Waals surface area contributed by atoms with E-state index in [1.54, 1.807) is 11.3 Å². The standard InChI is InChI=1S/C8H10ClNOS/c1-10-5-2-6-7(11-3-5)4-12-8(6)9/h4-5,10H,2-3H2,1H3. The summed E-state index contributed by atoms with van der Waals surface area (Å²) in [6, 6.07) is 0.407. The molecule has 1 atom stereocenters. The number of hydrogen-bond acceptors (Lipinski definition) is 3. The molecule has 1 N–H and O–H groups in total. The van der Waals surface area contributed by atoms with Gasteiger partial charge in [0.2, 0.25) is 0 Å². The number of rotatable bonds is 1. The summed E-state index contributed by atoms with van der Waals surface area (Å²) in [5.41, 5.74) is 1.16. The molecule has 2 heterocycles. The average Bonchev–Trinajstić information content (AvgIpc) is 2.47. The van der Waals surface area contributed by atoms with Crippen LogP contribution < -0.4 is 10.1 Å². The van der Waals surface area contributed by atoms with Gasteiger partial charge < -0.3 is 10.1 Å². The fourth-order valence-electron chi connectivity index (χ4n) is 1.33. The molecular formula is C8H10ClNOS. The molecule has 1 aromatic rings. The lowest BCUT2D eigenvalue weighted by Crippen LogP contribution is -2.36. The van der Waals surface area contributed by atoms with Crippen molar-refractivity contribution in [2.45, 2.75) is 12.5 Å². The lowest BCUT2D eigenvalue weighted by atomic mass is 10.1. The Kier molecular flexibility index (Phi) is 2.26. The van der Waals surface area contributed by atoms with Gasteiger partial charge in [0.05, 0.1) is 4.34 Å². The molecule has 0 bridgehead atoms. The minimum Gasteiger partial charge on any atom is -0.491 e. The van der Waals surface area contributed by atoms with E-state index in [2.05, 4.69) is 5.32 Å². The molecule has 0 saturated heterocycles. The molecule has 0 amide bonds. The number of halogens is 1. The van der Waals surface area contributed by atoms with E-state index in [1.807, 2.05) is 12.4 Å². The van der Waals surface area contributed by atoms with Crippen LogP contribution in [0.5, 0.6) is 5.75 Å². The summed E-state index contributed by atoms with van der Waals surface area (Å²) in [7, 11) is 1.94. The van der Waals surface area contributed by atoms with Crippen molar-refractivity contribution in [1.29, 1.82) is 0 Å². The number of fused-ring (bicyclic) bond motifs is 1. The Labute approximate surface area is 80.5 Å². The van der Waals surface area contributed by atoms with Crippen molar-refractivity contribution in [3.63, 3.8) is 0 Å². The Morgan fingerprint density at radius 3 is 3.33 bits per heavy atom. The van der Waals surface area contributed by atoms with Gasteiger partial charge >= 0.3 is 0 Å². The van der Waals surface area contributed by atoms with E-state index in [4.69, 9.17) is 16.3 Å². The highest BCUT2D eigenvalue weighted by Gasteiger charge is 2.21. The van der Waals surface area contributed by atoms with Crippen molar-refractivity contribution >= 4 is 22.9 Å². The summed E-state index contributed by atoms with van der Waals surface area (Å²) in [6.45, 7) is 0.747. The third-order valence-corrected chi connectivity index (χ3v) is 3.38. The molecular weight excluding hydrogens is 194 g/mol. The van der Waals surface area contributed by atoms with E-state index in [9.17, 15) is 0 Å². The van der Waals surface area contributed by atoms with Crippen molar-refractivity contribution in [1.82, 2.24) is 5.32 Å². The summed E-state index contributed by atoms with van der Waals surface area (Å²) in [5, 5.41) is 5.16. The van der Waals surface area contributed by atoms with Gasteiger partial charge in [-0.1, -0.05) is 11.6 Å². The van der Waals surface area contributed by atoms with Gasteiger partial charge in [0.15, 0.2) is 0 Å². The van der Waals surface area contributed by atoms with Crippen LogP contribution >= 0.6 is 22.9 Å². The second-order valence-corrected chi connectivity index (χ2v) is 4.33. The quantitative estimate of drug-likeness (QED) is 0.753. The lowest BCUT2D eigenvalue weighted by Gasteiger charge is -2.22. The summed E-state index contributed by atoms with van der Waals surface area (Å²) < 4.78 is 6.38. The molecule has 2 nitrogen and oxygen atoms in total. The summed E-state index contributed by atoms with van der Waals surface area (Å²) >= 11 is 7.54. The Morgan fingerprint density at radius 2 is 2.58 bits per heavy atom. The summed E-state index contributed by atoms with van der Waals surface area (Å²) in [4.78, 5) is 0. The minimum absolute atomic E-state index is 0.407. The van der Waals surface area contributed by atoms with Gasteiger partial charge in [-0.25, -0.2) is 0 Å². The highest BCUT2D eigenvalue weighted by molar-refractivity contribution is 7.14.